The number of unbranched alkanes of at least 4 members (excludes halogenated alkanes) is 1. The first-order valence-electron chi connectivity index (χ1n) is 4.40. The van der Waals surface area contributed by atoms with Gasteiger partial charge in [-0.3, -0.25) is 0 Å². The van der Waals surface area contributed by atoms with Crippen molar-refractivity contribution in [1.82, 2.24) is 4.72 Å². The third kappa shape index (κ3) is 3.38. The van der Waals surface area contributed by atoms with Gasteiger partial charge in [0.1, 0.15) is 4.21 Å². The largest absolute Gasteiger partial charge is 0.330 e. The highest BCUT2D eigenvalue weighted by Gasteiger charge is 2.13. The molecular weight excluding hydrogens is 220 g/mol. The molecule has 4 nitrogen and oxygen atoms in total. The molecule has 0 aromatic carbocycles. The third-order valence-corrected chi connectivity index (χ3v) is 4.54. The molecule has 0 atom stereocenters. The van der Waals surface area contributed by atoms with Gasteiger partial charge in [-0.2, -0.15) is 0 Å². The minimum atomic E-state index is -3.27. The van der Waals surface area contributed by atoms with Crippen LogP contribution in [0.2, 0.25) is 0 Å². The lowest BCUT2D eigenvalue weighted by Gasteiger charge is -2.03. The molecule has 1 aromatic rings. The van der Waals surface area contributed by atoms with E-state index in [2.05, 4.69) is 4.72 Å². The minimum absolute atomic E-state index is 0.366. The van der Waals surface area contributed by atoms with Crippen molar-refractivity contribution in [2.45, 2.75) is 17.1 Å². The van der Waals surface area contributed by atoms with Crippen LogP contribution in [-0.4, -0.2) is 21.5 Å². The predicted octanol–water partition coefficient (Wildman–Crippen LogP) is 0.765. The highest BCUT2D eigenvalue weighted by molar-refractivity contribution is 7.91. The maximum atomic E-state index is 11.5. The zero-order valence-electron chi connectivity index (χ0n) is 7.77. The molecule has 0 aliphatic rings. The molecule has 0 amide bonds. The Morgan fingerprint density at radius 1 is 1.43 bits per heavy atom. The number of sulfonamides is 1. The van der Waals surface area contributed by atoms with Gasteiger partial charge in [-0.1, -0.05) is 6.07 Å². The van der Waals surface area contributed by atoms with Gasteiger partial charge in [0, 0.05) is 6.54 Å². The Kier molecular flexibility index (Phi) is 4.53. The molecule has 1 rings (SSSR count). The number of hydrogen-bond donors (Lipinski definition) is 2. The van der Waals surface area contributed by atoms with Crippen molar-refractivity contribution in [3.8, 4) is 0 Å². The Hall–Kier alpha value is -0.430. The quantitative estimate of drug-likeness (QED) is 0.714. The van der Waals surface area contributed by atoms with E-state index >= 15 is 0 Å². The van der Waals surface area contributed by atoms with Crippen LogP contribution in [0.3, 0.4) is 0 Å². The Morgan fingerprint density at radius 2 is 2.21 bits per heavy atom. The molecule has 0 spiro atoms. The lowest BCUT2D eigenvalue weighted by Crippen LogP contribution is -2.24. The topological polar surface area (TPSA) is 72.2 Å². The minimum Gasteiger partial charge on any atom is -0.330 e. The summed E-state index contributed by atoms with van der Waals surface area (Å²) in [5.74, 6) is 0. The van der Waals surface area contributed by atoms with E-state index in [1.807, 2.05) is 0 Å². The second kappa shape index (κ2) is 5.45. The van der Waals surface area contributed by atoms with E-state index < -0.39 is 10.0 Å². The van der Waals surface area contributed by atoms with Gasteiger partial charge >= 0.3 is 0 Å². The zero-order valence-corrected chi connectivity index (χ0v) is 9.40. The van der Waals surface area contributed by atoms with Crippen LogP contribution in [0, 0.1) is 0 Å². The standard InChI is InChI=1S/C8H14N2O2S2/c9-5-1-2-6-10-14(11,12)8-4-3-7-13-8/h3-4,7,10H,1-2,5-6,9H2. The molecule has 3 N–H and O–H groups in total. The van der Waals surface area contributed by atoms with Crippen LogP contribution < -0.4 is 10.5 Å². The fourth-order valence-electron chi connectivity index (χ4n) is 0.963. The molecule has 0 saturated heterocycles. The van der Waals surface area contributed by atoms with Gasteiger partial charge in [0.05, 0.1) is 0 Å². The lowest BCUT2D eigenvalue weighted by atomic mass is 10.3. The first kappa shape index (κ1) is 11.6. The summed E-state index contributed by atoms with van der Waals surface area (Å²) in [5.41, 5.74) is 5.30. The highest BCUT2D eigenvalue weighted by Crippen LogP contribution is 2.14. The third-order valence-electron chi connectivity index (χ3n) is 1.68. The van der Waals surface area contributed by atoms with E-state index in [-0.39, 0.29) is 0 Å². The summed E-state index contributed by atoms with van der Waals surface area (Å²) < 4.78 is 25.9. The van der Waals surface area contributed by atoms with Crippen molar-refractivity contribution in [2.24, 2.45) is 5.73 Å². The SMILES string of the molecule is NCCCCNS(=O)(=O)c1cccs1. The Bertz CT molecular complexity index is 345. The van der Waals surface area contributed by atoms with E-state index in [4.69, 9.17) is 5.73 Å². The van der Waals surface area contributed by atoms with Gasteiger partial charge in [-0.05, 0) is 30.8 Å². The Labute approximate surface area is 88.2 Å². The molecule has 1 aromatic heterocycles. The lowest BCUT2D eigenvalue weighted by molar-refractivity contribution is 0.579. The smallest absolute Gasteiger partial charge is 0.250 e. The molecule has 6 heteroatoms. The van der Waals surface area contributed by atoms with Crippen molar-refractivity contribution in [1.29, 1.82) is 0 Å². The molecule has 0 radical (unpaired) electrons. The van der Waals surface area contributed by atoms with Crippen LogP contribution in [0.5, 0.6) is 0 Å². The fourth-order valence-corrected chi connectivity index (χ4v) is 3.07. The van der Waals surface area contributed by atoms with Crippen LogP contribution in [0.15, 0.2) is 21.7 Å². The highest BCUT2D eigenvalue weighted by atomic mass is 32.2. The number of nitrogens with two attached hydrogens (primary N) is 1. The summed E-state index contributed by atoms with van der Waals surface area (Å²) in [4.78, 5) is 0. The maximum absolute atomic E-state index is 11.5. The number of rotatable bonds is 6. The summed E-state index contributed by atoms with van der Waals surface area (Å²) >= 11 is 1.22. The average molecular weight is 234 g/mol. The van der Waals surface area contributed by atoms with Crippen molar-refractivity contribution in [3.63, 3.8) is 0 Å². The van der Waals surface area contributed by atoms with E-state index in [0.29, 0.717) is 17.3 Å². The molecule has 14 heavy (non-hydrogen) atoms. The van der Waals surface area contributed by atoms with Gasteiger partial charge in [0.25, 0.3) is 0 Å². The first-order valence-corrected chi connectivity index (χ1v) is 6.76. The van der Waals surface area contributed by atoms with E-state index in [0.717, 1.165) is 12.8 Å². The molecule has 1 heterocycles. The Morgan fingerprint density at radius 3 is 2.79 bits per heavy atom. The van der Waals surface area contributed by atoms with Crippen LogP contribution in [0.4, 0.5) is 0 Å². The molecular formula is C8H14N2O2S2. The number of nitrogens with one attached hydrogen (secondary N) is 1. The van der Waals surface area contributed by atoms with E-state index in [1.54, 1.807) is 17.5 Å². The van der Waals surface area contributed by atoms with Gasteiger partial charge < -0.3 is 5.73 Å². The van der Waals surface area contributed by atoms with Crippen LogP contribution >= 0.6 is 11.3 Å². The predicted molar refractivity (Wildman–Crippen MR) is 57.8 cm³/mol. The fraction of sp³-hybridized carbons (Fsp3) is 0.500. The molecule has 0 aliphatic heterocycles. The van der Waals surface area contributed by atoms with E-state index in [9.17, 15) is 8.42 Å². The summed E-state index contributed by atoms with van der Waals surface area (Å²) in [6, 6.07) is 3.31. The summed E-state index contributed by atoms with van der Waals surface area (Å²) in [5, 5.41) is 1.74. The first-order chi connectivity index (χ1) is 6.67. The van der Waals surface area contributed by atoms with Gasteiger partial charge in [-0.25, -0.2) is 13.1 Å². The Balaban J connectivity index is 2.44. The molecule has 0 aliphatic carbocycles. The van der Waals surface area contributed by atoms with Crippen LogP contribution in [-0.2, 0) is 10.0 Å². The van der Waals surface area contributed by atoms with Crippen LogP contribution in [0.25, 0.3) is 0 Å². The van der Waals surface area contributed by atoms with E-state index in [1.165, 1.54) is 11.3 Å². The van der Waals surface area contributed by atoms with Crippen molar-refractivity contribution >= 4 is 21.4 Å². The molecule has 0 bridgehead atoms. The molecule has 0 fully saturated rings. The molecule has 80 valence electrons. The van der Waals surface area contributed by atoms with Gasteiger partial charge in [-0.15, -0.1) is 11.3 Å². The number of hydrogen-bond acceptors (Lipinski definition) is 4. The maximum Gasteiger partial charge on any atom is 0.250 e. The van der Waals surface area contributed by atoms with Crippen molar-refractivity contribution in [2.75, 3.05) is 13.1 Å². The van der Waals surface area contributed by atoms with Gasteiger partial charge in [0.15, 0.2) is 0 Å². The van der Waals surface area contributed by atoms with Gasteiger partial charge in [0.2, 0.25) is 10.0 Å². The molecule has 0 saturated carbocycles. The second-order valence-electron chi connectivity index (χ2n) is 2.83. The average Bonchev–Trinajstić information content (AvgIpc) is 2.65. The number of thiophene rings is 1. The summed E-state index contributed by atoms with van der Waals surface area (Å²) in [7, 11) is -3.27. The monoisotopic (exact) mass is 234 g/mol. The summed E-state index contributed by atoms with van der Waals surface area (Å²) in [6.45, 7) is 1.05. The molecule has 0 unspecified atom stereocenters. The summed E-state index contributed by atoms with van der Waals surface area (Å²) in [6.07, 6.45) is 1.62. The van der Waals surface area contributed by atoms with Crippen molar-refractivity contribution < 1.29 is 8.42 Å². The normalized spacial score (nSPS) is 11.8. The van der Waals surface area contributed by atoms with Crippen LogP contribution in [0.1, 0.15) is 12.8 Å². The second-order valence-corrected chi connectivity index (χ2v) is 5.77. The zero-order chi connectivity index (χ0) is 10.4. The van der Waals surface area contributed by atoms with Crippen molar-refractivity contribution in [3.05, 3.63) is 17.5 Å².